The zero-order chi connectivity index (χ0) is 28.2. The summed E-state index contributed by atoms with van der Waals surface area (Å²) in [5, 5.41) is 1.52. The van der Waals surface area contributed by atoms with E-state index in [0.29, 0.717) is 54.4 Å². The van der Waals surface area contributed by atoms with Gasteiger partial charge in [0.05, 0.1) is 16.5 Å². The van der Waals surface area contributed by atoms with Gasteiger partial charge in [0.15, 0.2) is 5.16 Å². The van der Waals surface area contributed by atoms with Gasteiger partial charge in [-0.1, -0.05) is 64.8 Å². The molecule has 1 atom stereocenters. The molecule has 2 fully saturated rings. The Labute approximate surface area is 249 Å². The SMILES string of the molecule is Cc1ccc(C(=O)N2CCN(c3cc(Cl)nc(SCC(=O)N4CCN(c5ccccc5Cl)CC4)n3)CC2C)cc1. The second-order valence-corrected chi connectivity index (χ2v) is 11.8. The maximum atomic E-state index is 13.1. The number of thioether (sulfide) groups is 1. The molecular formula is C29H32Cl2N6O2S. The van der Waals surface area contributed by atoms with Gasteiger partial charge < -0.3 is 19.6 Å². The first-order valence-corrected chi connectivity index (χ1v) is 15.1. The highest BCUT2D eigenvalue weighted by Crippen LogP contribution is 2.27. The van der Waals surface area contributed by atoms with Crippen LogP contribution >= 0.6 is 35.0 Å². The van der Waals surface area contributed by atoms with Crippen LogP contribution in [-0.2, 0) is 4.79 Å². The molecule has 3 aromatic rings. The molecule has 0 N–H and O–H groups in total. The number of para-hydroxylation sites is 1. The number of aromatic nitrogens is 2. The molecule has 2 aliphatic rings. The highest BCUT2D eigenvalue weighted by molar-refractivity contribution is 7.99. The van der Waals surface area contributed by atoms with Crippen LogP contribution in [0, 0.1) is 6.92 Å². The molecule has 2 saturated heterocycles. The van der Waals surface area contributed by atoms with Gasteiger partial charge in [0.2, 0.25) is 5.91 Å². The Morgan fingerprint density at radius 3 is 2.33 bits per heavy atom. The molecule has 1 unspecified atom stereocenters. The summed E-state index contributed by atoms with van der Waals surface area (Å²) in [6, 6.07) is 17.2. The highest BCUT2D eigenvalue weighted by atomic mass is 35.5. The van der Waals surface area contributed by atoms with E-state index in [-0.39, 0.29) is 23.6 Å². The van der Waals surface area contributed by atoms with Crippen LogP contribution in [0.5, 0.6) is 0 Å². The fraction of sp³-hybridized carbons (Fsp3) is 0.379. The van der Waals surface area contributed by atoms with Crippen LogP contribution in [0.1, 0.15) is 22.8 Å². The number of halogens is 2. The minimum Gasteiger partial charge on any atom is -0.367 e. The molecule has 5 rings (SSSR count). The van der Waals surface area contributed by atoms with Crippen molar-refractivity contribution >= 4 is 58.3 Å². The molecule has 0 saturated carbocycles. The zero-order valence-corrected chi connectivity index (χ0v) is 24.9. The first-order valence-electron chi connectivity index (χ1n) is 13.4. The quantitative estimate of drug-likeness (QED) is 0.227. The van der Waals surface area contributed by atoms with Crippen molar-refractivity contribution in [3.8, 4) is 0 Å². The van der Waals surface area contributed by atoms with Crippen molar-refractivity contribution in [2.24, 2.45) is 0 Å². The van der Waals surface area contributed by atoms with Crippen molar-refractivity contribution in [1.29, 1.82) is 0 Å². The van der Waals surface area contributed by atoms with Gasteiger partial charge in [0, 0.05) is 63.5 Å². The Morgan fingerprint density at radius 2 is 1.62 bits per heavy atom. The smallest absolute Gasteiger partial charge is 0.254 e. The number of piperazine rings is 2. The number of anilines is 2. The van der Waals surface area contributed by atoms with E-state index in [4.69, 9.17) is 28.2 Å². The molecule has 40 heavy (non-hydrogen) atoms. The van der Waals surface area contributed by atoms with Crippen LogP contribution in [0.15, 0.2) is 59.8 Å². The average Bonchev–Trinajstić information content (AvgIpc) is 2.96. The summed E-state index contributed by atoms with van der Waals surface area (Å²) in [7, 11) is 0. The number of rotatable bonds is 6. The molecule has 0 radical (unpaired) electrons. The van der Waals surface area contributed by atoms with Crippen molar-refractivity contribution in [3.05, 3.63) is 75.9 Å². The molecular weight excluding hydrogens is 567 g/mol. The van der Waals surface area contributed by atoms with Gasteiger partial charge >= 0.3 is 0 Å². The summed E-state index contributed by atoms with van der Waals surface area (Å²) in [5.41, 5.74) is 2.83. The maximum absolute atomic E-state index is 13.1. The lowest BCUT2D eigenvalue weighted by molar-refractivity contribution is -0.128. The summed E-state index contributed by atoms with van der Waals surface area (Å²) < 4.78 is 0. The van der Waals surface area contributed by atoms with Crippen molar-refractivity contribution < 1.29 is 9.59 Å². The van der Waals surface area contributed by atoms with Gasteiger partial charge in [-0.05, 0) is 38.1 Å². The lowest BCUT2D eigenvalue weighted by Crippen LogP contribution is -2.54. The van der Waals surface area contributed by atoms with Crippen molar-refractivity contribution in [2.75, 3.05) is 61.4 Å². The lowest BCUT2D eigenvalue weighted by Gasteiger charge is -2.40. The molecule has 2 aliphatic heterocycles. The first-order chi connectivity index (χ1) is 19.3. The largest absolute Gasteiger partial charge is 0.367 e. The predicted octanol–water partition coefficient (Wildman–Crippen LogP) is 4.88. The number of hydrogen-bond acceptors (Lipinski definition) is 7. The molecule has 8 nitrogen and oxygen atoms in total. The van der Waals surface area contributed by atoms with Gasteiger partial charge in [-0.2, -0.15) is 0 Å². The average molecular weight is 600 g/mol. The number of hydrogen-bond donors (Lipinski definition) is 0. The van der Waals surface area contributed by atoms with E-state index in [1.807, 2.05) is 72.2 Å². The fourth-order valence-corrected chi connectivity index (χ4v) is 6.30. The van der Waals surface area contributed by atoms with Crippen molar-refractivity contribution in [1.82, 2.24) is 19.8 Å². The number of amides is 2. The fourth-order valence-electron chi connectivity index (χ4n) is 5.06. The van der Waals surface area contributed by atoms with E-state index in [9.17, 15) is 9.59 Å². The highest BCUT2D eigenvalue weighted by Gasteiger charge is 2.29. The number of carbonyl (C=O) groups is 2. The van der Waals surface area contributed by atoms with E-state index in [2.05, 4.69) is 14.8 Å². The molecule has 11 heteroatoms. The van der Waals surface area contributed by atoms with E-state index >= 15 is 0 Å². The number of nitrogens with zero attached hydrogens (tertiary/aromatic N) is 6. The van der Waals surface area contributed by atoms with E-state index < -0.39 is 0 Å². The summed E-state index contributed by atoms with van der Waals surface area (Å²) >= 11 is 14.0. The normalized spacial score (nSPS) is 17.8. The minimum atomic E-state index is -0.00147. The molecule has 0 aliphatic carbocycles. The standard InChI is InChI=1S/C29H32Cl2N6O2S/c1-20-7-9-22(10-8-20)28(39)37-16-15-36(18-21(37)2)26-17-25(31)32-29(33-26)40-19-27(38)35-13-11-34(12-14-35)24-6-4-3-5-23(24)30/h3-10,17,21H,11-16,18-19H2,1-2H3. The molecule has 3 heterocycles. The second kappa shape index (κ2) is 12.7. The first kappa shape index (κ1) is 28.5. The van der Waals surface area contributed by atoms with Crippen LogP contribution < -0.4 is 9.80 Å². The summed E-state index contributed by atoms with van der Waals surface area (Å²) in [6.07, 6.45) is 0. The summed E-state index contributed by atoms with van der Waals surface area (Å²) in [4.78, 5) is 43.2. The van der Waals surface area contributed by atoms with E-state index in [0.717, 1.165) is 29.4 Å². The van der Waals surface area contributed by atoms with Crippen molar-refractivity contribution in [3.63, 3.8) is 0 Å². The molecule has 210 valence electrons. The van der Waals surface area contributed by atoms with Crippen LogP contribution in [0.2, 0.25) is 10.2 Å². The third-order valence-corrected chi connectivity index (χ3v) is 8.67. The Kier molecular flexibility index (Phi) is 9.03. The number of benzene rings is 2. The molecule has 0 spiro atoms. The predicted molar refractivity (Wildman–Crippen MR) is 162 cm³/mol. The Hall–Kier alpha value is -3.01. The Morgan fingerprint density at radius 1 is 0.925 bits per heavy atom. The zero-order valence-electron chi connectivity index (χ0n) is 22.6. The Bertz CT molecular complexity index is 1370. The van der Waals surface area contributed by atoms with Crippen LogP contribution in [0.4, 0.5) is 11.5 Å². The van der Waals surface area contributed by atoms with Gasteiger partial charge in [-0.25, -0.2) is 9.97 Å². The van der Waals surface area contributed by atoms with Crippen LogP contribution in [0.3, 0.4) is 0 Å². The third-order valence-electron chi connectivity index (χ3n) is 7.32. The van der Waals surface area contributed by atoms with Gasteiger partial charge in [-0.3, -0.25) is 9.59 Å². The molecule has 0 bridgehead atoms. The summed E-state index contributed by atoms with van der Waals surface area (Å²) in [5.74, 6) is 1.03. The lowest BCUT2D eigenvalue weighted by atomic mass is 10.1. The molecule has 1 aromatic heterocycles. The second-order valence-electron chi connectivity index (χ2n) is 10.1. The maximum Gasteiger partial charge on any atom is 0.254 e. The number of aryl methyl sites for hydroxylation is 1. The number of carbonyl (C=O) groups excluding carboxylic acids is 2. The van der Waals surface area contributed by atoms with Crippen LogP contribution in [0.25, 0.3) is 0 Å². The Balaban J connectivity index is 1.15. The van der Waals surface area contributed by atoms with Gasteiger partial charge in [0.1, 0.15) is 11.0 Å². The minimum absolute atomic E-state index is 0.00147. The third kappa shape index (κ3) is 6.65. The van der Waals surface area contributed by atoms with Gasteiger partial charge in [0.25, 0.3) is 5.91 Å². The van der Waals surface area contributed by atoms with E-state index in [1.165, 1.54) is 11.8 Å². The molecule has 2 aromatic carbocycles. The molecule has 2 amide bonds. The van der Waals surface area contributed by atoms with Crippen molar-refractivity contribution in [2.45, 2.75) is 25.0 Å². The van der Waals surface area contributed by atoms with Gasteiger partial charge in [-0.15, -0.1) is 0 Å². The monoisotopic (exact) mass is 598 g/mol. The topological polar surface area (TPSA) is 72.9 Å². The van der Waals surface area contributed by atoms with E-state index in [1.54, 1.807) is 6.07 Å². The van der Waals surface area contributed by atoms with Crippen LogP contribution in [-0.4, -0.2) is 89.2 Å². The summed E-state index contributed by atoms with van der Waals surface area (Å²) in [6.45, 7) is 8.62.